The first kappa shape index (κ1) is 15.8. The Morgan fingerprint density at radius 3 is 2.76 bits per heavy atom. The molecule has 1 saturated heterocycles. The number of carbonyl (C=O) groups is 1. The van der Waals surface area contributed by atoms with Gasteiger partial charge < -0.3 is 20.4 Å². The van der Waals surface area contributed by atoms with Crippen molar-refractivity contribution in [2.24, 2.45) is 0 Å². The number of H-pyrrole nitrogens is 1. The molecule has 2 atom stereocenters. The van der Waals surface area contributed by atoms with Crippen molar-refractivity contribution in [2.75, 3.05) is 18.5 Å². The number of nitrogens with zero attached hydrogens (tertiary/aromatic N) is 1. The van der Waals surface area contributed by atoms with Crippen molar-refractivity contribution in [3.63, 3.8) is 0 Å². The fourth-order valence-electron chi connectivity index (χ4n) is 3.05. The second kappa shape index (κ2) is 6.66. The summed E-state index contributed by atoms with van der Waals surface area (Å²) in [5.74, 6) is 0.735. The summed E-state index contributed by atoms with van der Waals surface area (Å²) in [5.41, 5.74) is 3.67. The Morgan fingerprint density at radius 1 is 1.20 bits per heavy atom. The van der Waals surface area contributed by atoms with E-state index in [2.05, 4.69) is 20.6 Å². The smallest absolute Gasteiger partial charge is 0.244 e. The topological polar surface area (TPSA) is 79.0 Å². The lowest BCUT2D eigenvalue weighted by atomic mass is 10.1. The molecule has 3 N–H and O–H groups in total. The van der Waals surface area contributed by atoms with E-state index in [1.165, 1.54) is 0 Å². The van der Waals surface area contributed by atoms with Crippen LogP contribution in [0.2, 0.25) is 0 Å². The van der Waals surface area contributed by atoms with Crippen molar-refractivity contribution >= 4 is 22.6 Å². The van der Waals surface area contributed by atoms with Gasteiger partial charge in [-0.15, -0.1) is 0 Å². The molecule has 0 saturated carbocycles. The van der Waals surface area contributed by atoms with Crippen molar-refractivity contribution in [2.45, 2.75) is 19.1 Å². The molecule has 2 aromatic carbocycles. The number of ether oxygens (including phenoxy) is 1. The highest BCUT2D eigenvalue weighted by Crippen LogP contribution is 2.22. The van der Waals surface area contributed by atoms with Crippen LogP contribution in [0.15, 0.2) is 48.5 Å². The molecule has 1 aliphatic rings. The first-order chi connectivity index (χ1) is 12.2. The number of nitrogens with one attached hydrogen (secondary N) is 3. The van der Waals surface area contributed by atoms with Crippen LogP contribution >= 0.6 is 0 Å². The minimum atomic E-state index is -0.330. The Hall–Kier alpha value is -2.70. The first-order valence-corrected chi connectivity index (χ1v) is 8.42. The summed E-state index contributed by atoms with van der Waals surface area (Å²) >= 11 is 0. The standard InChI is InChI=1S/C19H20N4O2/c1-12-17(20-10-11-25-12)19(24)21-14-8-6-13(7-9-14)18-22-15-4-2-3-5-16(15)23-18/h2-9,12,17,20H,10-11H2,1H3,(H,21,24)(H,22,23)/t12-,17+/m1/s1. The highest BCUT2D eigenvalue weighted by atomic mass is 16.5. The highest BCUT2D eigenvalue weighted by molar-refractivity contribution is 5.95. The zero-order chi connectivity index (χ0) is 17.2. The van der Waals surface area contributed by atoms with Crippen LogP contribution in [0.5, 0.6) is 0 Å². The molecule has 0 unspecified atom stereocenters. The Kier molecular flexibility index (Phi) is 4.21. The average molecular weight is 336 g/mol. The number of amides is 1. The molecule has 1 amide bonds. The van der Waals surface area contributed by atoms with Gasteiger partial charge in [0.1, 0.15) is 11.9 Å². The second-order valence-electron chi connectivity index (χ2n) is 6.18. The third-order valence-electron chi connectivity index (χ3n) is 4.41. The number of hydrogen-bond acceptors (Lipinski definition) is 4. The quantitative estimate of drug-likeness (QED) is 0.687. The van der Waals surface area contributed by atoms with Gasteiger partial charge in [0, 0.05) is 17.8 Å². The van der Waals surface area contributed by atoms with Crippen LogP contribution < -0.4 is 10.6 Å². The minimum Gasteiger partial charge on any atom is -0.375 e. The predicted molar refractivity (Wildman–Crippen MR) is 97.4 cm³/mol. The molecule has 1 fully saturated rings. The molecule has 1 aromatic heterocycles. The van der Waals surface area contributed by atoms with Crippen LogP contribution in [0.1, 0.15) is 6.92 Å². The van der Waals surface area contributed by atoms with Crippen LogP contribution in [0.4, 0.5) is 5.69 Å². The molecule has 0 radical (unpaired) electrons. The van der Waals surface area contributed by atoms with Gasteiger partial charge in [0.2, 0.25) is 5.91 Å². The normalized spacial score (nSPS) is 20.5. The summed E-state index contributed by atoms with van der Waals surface area (Å²) in [6.07, 6.45) is -0.136. The summed E-state index contributed by atoms with van der Waals surface area (Å²) in [6, 6.07) is 15.3. The molecular formula is C19H20N4O2. The molecule has 3 aromatic rings. The Labute approximate surface area is 145 Å². The van der Waals surface area contributed by atoms with Gasteiger partial charge in [-0.25, -0.2) is 4.98 Å². The molecule has 2 heterocycles. The highest BCUT2D eigenvalue weighted by Gasteiger charge is 2.28. The van der Waals surface area contributed by atoms with Crippen molar-refractivity contribution in [3.05, 3.63) is 48.5 Å². The van der Waals surface area contributed by atoms with Crippen molar-refractivity contribution in [1.29, 1.82) is 0 Å². The summed E-state index contributed by atoms with van der Waals surface area (Å²) in [6.45, 7) is 3.23. The van der Waals surface area contributed by atoms with E-state index >= 15 is 0 Å². The van der Waals surface area contributed by atoms with E-state index in [9.17, 15) is 4.79 Å². The van der Waals surface area contributed by atoms with Gasteiger partial charge in [-0.2, -0.15) is 0 Å². The summed E-state index contributed by atoms with van der Waals surface area (Å²) in [4.78, 5) is 20.3. The lowest BCUT2D eigenvalue weighted by molar-refractivity contribution is -0.123. The fourth-order valence-corrected chi connectivity index (χ4v) is 3.05. The molecule has 6 heteroatoms. The van der Waals surface area contributed by atoms with Crippen LogP contribution in [-0.4, -0.2) is 41.2 Å². The Morgan fingerprint density at radius 2 is 2.00 bits per heavy atom. The Bertz CT molecular complexity index is 855. The van der Waals surface area contributed by atoms with Crippen LogP contribution in [0.25, 0.3) is 22.4 Å². The monoisotopic (exact) mass is 336 g/mol. The predicted octanol–water partition coefficient (Wildman–Crippen LogP) is 2.55. The first-order valence-electron chi connectivity index (χ1n) is 8.42. The van der Waals surface area contributed by atoms with Crippen LogP contribution in [0.3, 0.4) is 0 Å². The largest absolute Gasteiger partial charge is 0.375 e. The number of benzene rings is 2. The molecule has 0 aliphatic carbocycles. The number of aromatic nitrogens is 2. The van der Waals surface area contributed by atoms with E-state index < -0.39 is 0 Å². The molecule has 25 heavy (non-hydrogen) atoms. The minimum absolute atomic E-state index is 0.0799. The van der Waals surface area contributed by atoms with E-state index in [1.54, 1.807) is 0 Å². The van der Waals surface area contributed by atoms with E-state index in [-0.39, 0.29) is 18.1 Å². The fraction of sp³-hybridized carbons (Fsp3) is 0.263. The number of imidazole rings is 1. The molecule has 0 spiro atoms. The zero-order valence-electron chi connectivity index (χ0n) is 14.0. The zero-order valence-corrected chi connectivity index (χ0v) is 14.0. The van der Waals surface area contributed by atoms with E-state index in [4.69, 9.17) is 4.74 Å². The van der Waals surface area contributed by atoms with Crippen molar-refractivity contribution in [1.82, 2.24) is 15.3 Å². The number of para-hydroxylation sites is 2. The van der Waals surface area contributed by atoms with Crippen LogP contribution in [0, 0.1) is 0 Å². The molecule has 6 nitrogen and oxygen atoms in total. The summed E-state index contributed by atoms with van der Waals surface area (Å²) in [5, 5.41) is 6.12. The van der Waals surface area contributed by atoms with Gasteiger partial charge in [0.05, 0.1) is 23.7 Å². The van der Waals surface area contributed by atoms with Crippen molar-refractivity contribution < 1.29 is 9.53 Å². The van der Waals surface area contributed by atoms with Gasteiger partial charge in [-0.1, -0.05) is 12.1 Å². The van der Waals surface area contributed by atoms with E-state index in [1.807, 2.05) is 55.5 Å². The molecule has 4 rings (SSSR count). The summed E-state index contributed by atoms with van der Waals surface area (Å²) < 4.78 is 5.52. The third kappa shape index (κ3) is 3.26. The van der Waals surface area contributed by atoms with Gasteiger partial charge in [-0.3, -0.25) is 4.79 Å². The maximum Gasteiger partial charge on any atom is 0.244 e. The maximum atomic E-state index is 12.4. The Balaban J connectivity index is 1.49. The number of aromatic amines is 1. The number of hydrogen-bond donors (Lipinski definition) is 3. The molecule has 0 bridgehead atoms. The van der Waals surface area contributed by atoms with E-state index in [0.717, 1.165) is 28.1 Å². The number of carbonyl (C=O) groups excluding carboxylic acids is 1. The molecule has 128 valence electrons. The second-order valence-corrected chi connectivity index (χ2v) is 6.18. The molecule has 1 aliphatic heterocycles. The molecular weight excluding hydrogens is 316 g/mol. The van der Waals surface area contributed by atoms with Gasteiger partial charge in [0.15, 0.2) is 0 Å². The van der Waals surface area contributed by atoms with E-state index in [0.29, 0.717) is 13.2 Å². The number of anilines is 1. The lowest BCUT2D eigenvalue weighted by Crippen LogP contribution is -2.53. The SMILES string of the molecule is C[C@H]1OCCN[C@@H]1C(=O)Nc1ccc(-c2nc3ccccc3[nH]2)cc1. The number of fused-ring (bicyclic) bond motifs is 1. The maximum absolute atomic E-state index is 12.4. The van der Waals surface area contributed by atoms with Gasteiger partial charge >= 0.3 is 0 Å². The lowest BCUT2D eigenvalue weighted by Gasteiger charge is -2.29. The van der Waals surface area contributed by atoms with Gasteiger partial charge in [0.25, 0.3) is 0 Å². The van der Waals surface area contributed by atoms with Crippen molar-refractivity contribution in [3.8, 4) is 11.4 Å². The summed E-state index contributed by atoms with van der Waals surface area (Å²) in [7, 11) is 0. The van der Waals surface area contributed by atoms with Crippen LogP contribution in [-0.2, 0) is 9.53 Å². The third-order valence-corrected chi connectivity index (χ3v) is 4.41. The average Bonchev–Trinajstić information content (AvgIpc) is 3.07. The number of rotatable bonds is 3. The van der Waals surface area contributed by atoms with Gasteiger partial charge in [-0.05, 0) is 43.3 Å². The number of morpholine rings is 1.